The third kappa shape index (κ3) is 4.55. The topological polar surface area (TPSA) is 35.2 Å². The van der Waals surface area contributed by atoms with Crippen molar-refractivity contribution in [2.24, 2.45) is 5.73 Å². The van der Waals surface area contributed by atoms with Crippen molar-refractivity contribution < 1.29 is 4.74 Å². The van der Waals surface area contributed by atoms with Crippen LogP contribution in [0.2, 0.25) is 0 Å². The Kier molecular flexibility index (Phi) is 5.88. The first-order valence-corrected chi connectivity index (χ1v) is 8.86. The van der Waals surface area contributed by atoms with Gasteiger partial charge in [0.25, 0.3) is 0 Å². The van der Waals surface area contributed by atoms with E-state index < -0.39 is 0 Å². The van der Waals surface area contributed by atoms with E-state index in [-0.39, 0.29) is 6.04 Å². The van der Waals surface area contributed by atoms with Crippen LogP contribution in [0.15, 0.2) is 43.7 Å². The second-order valence-corrected chi connectivity index (χ2v) is 7.66. The molecule has 0 amide bonds. The number of nitrogens with two attached hydrogens (primary N) is 1. The quantitative estimate of drug-likeness (QED) is 0.615. The van der Waals surface area contributed by atoms with Crippen molar-refractivity contribution in [3.8, 4) is 5.75 Å². The van der Waals surface area contributed by atoms with Crippen molar-refractivity contribution in [2.75, 3.05) is 6.61 Å². The Morgan fingerprint density at radius 3 is 2.00 bits per heavy atom. The van der Waals surface area contributed by atoms with E-state index in [9.17, 15) is 0 Å². The van der Waals surface area contributed by atoms with Crippen molar-refractivity contribution in [1.82, 2.24) is 0 Å². The molecule has 0 aliphatic rings. The minimum Gasteiger partial charge on any atom is -0.489 e. The fourth-order valence-corrected chi connectivity index (χ4v) is 4.65. The number of ether oxygens (including phenoxy) is 1. The predicted molar refractivity (Wildman–Crippen MR) is 97.9 cm³/mol. The lowest BCUT2D eigenvalue weighted by molar-refractivity contribution is 0.287. The van der Waals surface area contributed by atoms with Gasteiger partial charge in [0.2, 0.25) is 0 Å². The molecular weight excluding hydrogens is 462 g/mol. The van der Waals surface area contributed by atoms with Gasteiger partial charge in [0.05, 0.1) is 15.0 Å². The van der Waals surface area contributed by atoms with Gasteiger partial charge in [0.15, 0.2) is 0 Å². The Bertz CT molecular complexity index is 615. The fraction of sp³-hybridized carbons (Fsp3) is 0.250. The largest absolute Gasteiger partial charge is 0.489 e. The first-order valence-electron chi connectivity index (χ1n) is 6.48. The predicted octanol–water partition coefficient (Wildman–Crippen LogP) is 5.67. The highest BCUT2D eigenvalue weighted by atomic mass is 79.9. The smallest absolute Gasteiger partial charge is 0.147 e. The third-order valence-electron chi connectivity index (χ3n) is 3.04. The van der Waals surface area contributed by atoms with E-state index in [1.807, 2.05) is 12.1 Å². The molecule has 0 aliphatic heterocycles. The number of halogens is 3. The summed E-state index contributed by atoms with van der Waals surface area (Å²) < 4.78 is 8.63. The number of hydrogen-bond donors (Lipinski definition) is 1. The van der Waals surface area contributed by atoms with Crippen LogP contribution >= 0.6 is 47.8 Å². The lowest BCUT2D eigenvalue weighted by Gasteiger charge is -2.17. The molecule has 2 N–H and O–H groups in total. The minimum atomic E-state index is -0.161. The van der Waals surface area contributed by atoms with E-state index in [1.165, 1.54) is 11.1 Å². The second kappa shape index (κ2) is 7.27. The van der Waals surface area contributed by atoms with Crippen LogP contribution in [0, 0.1) is 13.8 Å². The number of hydrogen-bond acceptors (Lipinski definition) is 2. The average Bonchev–Trinajstić information content (AvgIpc) is 2.35. The molecule has 0 saturated carbocycles. The molecular formula is C16H16Br3NO. The summed E-state index contributed by atoms with van der Waals surface area (Å²) in [4.78, 5) is 0. The van der Waals surface area contributed by atoms with Crippen LogP contribution in [-0.4, -0.2) is 6.61 Å². The zero-order chi connectivity index (χ0) is 15.6. The van der Waals surface area contributed by atoms with Gasteiger partial charge in [0.1, 0.15) is 12.4 Å². The maximum Gasteiger partial charge on any atom is 0.147 e. The van der Waals surface area contributed by atoms with Gasteiger partial charge in [-0.15, -0.1) is 0 Å². The van der Waals surface area contributed by atoms with Crippen LogP contribution in [0.5, 0.6) is 5.75 Å². The monoisotopic (exact) mass is 475 g/mol. The second-order valence-electron chi connectivity index (χ2n) is 5.04. The summed E-state index contributed by atoms with van der Waals surface area (Å²) in [5, 5.41) is 0. The van der Waals surface area contributed by atoms with Crippen LogP contribution in [0.1, 0.15) is 22.7 Å². The molecule has 2 aromatic carbocycles. The summed E-state index contributed by atoms with van der Waals surface area (Å²) in [6.45, 7) is 4.57. The summed E-state index contributed by atoms with van der Waals surface area (Å²) in [6.07, 6.45) is 0. The Labute approximate surface area is 150 Å². The summed E-state index contributed by atoms with van der Waals surface area (Å²) >= 11 is 10.4. The van der Waals surface area contributed by atoms with E-state index >= 15 is 0 Å². The zero-order valence-electron chi connectivity index (χ0n) is 11.8. The molecule has 1 unspecified atom stereocenters. The Balaban J connectivity index is 2.12. The molecule has 0 aromatic heterocycles. The summed E-state index contributed by atoms with van der Waals surface area (Å²) in [5.74, 6) is 0.762. The van der Waals surface area contributed by atoms with Crippen molar-refractivity contribution in [1.29, 1.82) is 0 Å². The molecule has 21 heavy (non-hydrogen) atoms. The summed E-state index contributed by atoms with van der Waals surface area (Å²) in [7, 11) is 0. The molecule has 0 fully saturated rings. The molecule has 2 nitrogen and oxygen atoms in total. The van der Waals surface area contributed by atoms with Gasteiger partial charge in [0, 0.05) is 4.47 Å². The molecule has 5 heteroatoms. The number of rotatable bonds is 4. The number of aryl methyl sites for hydroxylation is 2. The van der Waals surface area contributed by atoms with Crippen LogP contribution in [0.3, 0.4) is 0 Å². The Morgan fingerprint density at radius 1 is 0.952 bits per heavy atom. The van der Waals surface area contributed by atoms with Gasteiger partial charge < -0.3 is 10.5 Å². The van der Waals surface area contributed by atoms with Crippen molar-refractivity contribution >= 4 is 47.8 Å². The van der Waals surface area contributed by atoms with Gasteiger partial charge >= 0.3 is 0 Å². The molecule has 2 rings (SSSR count). The first-order chi connectivity index (χ1) is 9.86. The van der Waals surface area contributed by atoms with Crippen molar-refractivity contribution in [3.63, 3.8) is 0 Å². The molecule has 0 heterocycles. The molecule has 0 spiro atoms. The van der Waals surface area contributed by atoms with Gasteiger partial charge in [-0.2, -0.15) is 0 Å². The first kappa shape index (κ1) is 17.0. The molecule has 0 saturated heterocycles. The van der Waals surface area contributed by atoms with E-state index in [0.717, 1.165) is 24.7 Å². The van der Waals surface area contributed by atoms with Crippen molar-refractivity contribution in [2.45, 2.75) is 19.9 Å². The van der Waals surface area contributed by atoms with Gasteiger partial charge in [-0.05, 0) is 63.4 Å². The van der Waals surface area contributed by atoms with Crippen LogP contribution < -0.4 is 10.5 Å². The van der Waals surface area contributed by atoms with E-state index in [0.29, 0.717) is 6.61 Å². The van der Waals surface area contributed by atoms with Crippen LogP contribution in [0.25, 0.3) is 0 Å². The molecule has 112 valence electrons. The maximum atomic E-state index is 6.25. The minimum absolute atomic E-state index is 0.161. The van der Waals surface area contributed by atoms with Gasteiger partial charge in [-0.25, -0.2) is 0 Å². The number of benzene rings is 2. The highest BCUT2D eigenvalue weighted by Gasteiger charge is 2.12. The molecule has 1 atom stereocenters. The highest BCUT2D eigenvalue weighted by molar-refractivity contribution is 9.11. The van der Waals surface area contributed by atoms with Crippen LogP contribution in [0.4, 0.5) is 0 Å². The van der Waals surface area contributed by atoms with Gasteiger partial charge in [-0.3, -0.25) is 0 Å². The standard InChI is InChI=1S/C16H16Br3NO/c1-9-3-10(2)5-11(4-9)15(20)8-21-16-13(18)6-12(17)7-14(16)19/h3-7,15H,8,20H2,1-2H3. The molecule has 2 aromatic rings. The average molecular weight is 478 g/mol. The zero-order valence-corrected chi connectivity index (χ0v) is 16.5. The molecule has 0 bridgehead atoms. The normalized spacial score (nSPS) is 12.3. The summed E-state index contributed by atoms with van der Waals surface area (Å²) in [6, 6.07) is 10.1. The Morgan fingerprint density at radius 2 is 1.48 bits per heavy atom. The Hall–Kier alpha value is -0.360. The fourth-order valence-electron chi connectivity index (χ4n) is 2.16. The highest BCUT2D eigenvalue weighted by Crippen LogP contribution is 2.36. The van der Waals surface area contributed by atoms with E-state index in [1.54, 1.807) is 0 Å². The van der Waals surface area contributed by atoms with Crippen molar-refractivity contribution in [3.05, 3.63) is 60.4 Å². The molecule has 0 aliphatic carbocycles. The SMILES string of the molecule is Cc1cc(C)cc(C(N)COc2c(Br)cc(Br)cc2Br)c1. The van der Waals surface area contributed by atoms with E-state index in [4.69, 9.17) is 10.5 Å². The summed E-state index contributed by atoms with van der Waals surface area (Å²) in [5.41, 5.74) is 9.77. The third-order valence-corrected chi connectivity index (χ3v) is 4.68. The lowest BCUT2D eigenvalue weighted by Crippen LogP contribution is -2.19. The van der Waals surface area contributed by atoms with Gasteiger partial charge in [-0.1, -0.05) is 45.3 Å². The lowest BCUT2D eigenvalue weighted by atomic mass is 10.0. The van der Waals surface area contributed by atoms with E-state index in [2.05, 4.69) is 79.8 Å². The molecule has 0 radical (unpaired) electrons. The van der Waals surface area contributed by atoms with Crippen LogP contribution in [-0.2, 0) is 0 Å². The maximum absolute atomic E-state index is 6.25.